The van der Waals surface area contributed by atoms with E-state index in [2.05, 4.69) is 0 Å². The van der Waals surface area contributed by atoms with Gasteiger partial charge in [0.2, 0.25) is 0 Å². The van der Waals surface area contributed by atoms with Gasteiger partial charge in [0.1, 0.15) is 5.60 Å². The number of aliphatic hydroxyl groups excluding tert-OH is 1. The molecule has 0 aromatic heterocycles. The molecule has 1 aliphatic rings. The molecule has 76 valence electrons. The Labute approximate surface area is 82.3 Å². The lowest BCUT2D eigenvalue weighted by Gasteiger charge is -2.35. The van der Waals surface area contributed by atoms with Crippen molar-refractivity contribution >= 4 is 0 Å². The maximum Gasteiger partial charge on any atom is 0.165 e. The van der Waals surface area contributed by atoms with Crippen molar-refractivity contribution in [2.24, 2.45) is 0 Å². The van der Waals surface area contributed by atoms with Crippen LogP contribution in [-0.4, -0.2) is 10.7 Å². The van der Waals surface area contributed by atoms with Gasteiger partial charge >= 0.3 is 0 Å². The van der Waals surface area contributed by atoms with Crippen molar-refractivity contribution in [3.63, 3.8) is 0 Å². The molecule has 0 bridgehead atoms. The smallest absolute Gasteiger partial charge is 0.165 e. The van der Waals surface area contributed by atoms with Crippen molar-refractivity contribution in [2.75, 3.05) is 0 Å². The summed E-state index contributed by atoms with van der Waals surface area (Å²) in [5, 5.41) is 9.77. The summed E-state index contributed by atoms with van der Waals surface area (Å²) in [6, 6.07) is 4.62. The highest BCUT2D eigenvalue weighted by molar-refractivity contribution is 5.39. The average molecular weight is 196 g/mol. The minimum Gasteiger partial charge on any atom is -0.484 e. The van der Waals surface area contributed by atoms with E-state index < -0.39 is 17.5 Å². The predicted molar refractivity (Wildman–Crippen MR) is 50.7 cm³/mol. The number of fused-ring (bicyclic) bond motifs is 1. The van der Waals surface area contributed by atoms with Gasteiger partial charge in [-0.15, -0.1) is 0 Å². The van der Waals surface area contributed by atoms with Crippen LogP contribution in [0.3, 0.4) is 0 Å². The van der Waals surface area contributed by atoms with Crippen LogP contribution in [0.15, 0.2) is 18.2 Å². The lowest BCUT2D eigenvalue weighted by molar-refractivity contribution is 0.00802. The van der Waals surface area contributed by atoms with Crippen LogP contribution in [0.1, 0.15) is 31.9 Å². The molecule has 0 amide bonds. The van der Waals surface area contributed by atoms with E-state index in [1.807, 2.05) is 13.8 Å². The second kappa shape index (κ2) is 2.95. The van der Waals surface area contributed by atoms with Gasteiger partial charge < -0.3 is 9.84 Å². The van der Waals surface area contributed by atoms with Gasteiger partial charge in [-0.25, -0.2) is 4.39 Å². The Kier molecular flexibility index (Phi) is 2.00. The Morgan fingerprint density at radius 2 is 2.21 bits per heavy atom. The highest BCUT2D eigenvalue weighted by atomic mass is 19.1. The lowest BCUT2D eigenvalue weighted by Crippen LogP contribution is -2.35. The SMILES string of the molecule is CC1(C)CC(O)c2cccc(F)c2O1. The van der Waals surface area contributed by atoms with Crippen LogP contribution >= 0.6 is 0 Å². The quantitative estimate of drug-likeness (QED) is 0.690. The second-order valence-electron chi connectivity index (χ2n) is 4.24. The van der Waals surface area contributed by atoms with Crippen molar-refractivity contribution < 1.29 is 14.2 Å². The number of halogens is 1. The fourth-order valence-electron chi connectivity index (χ4n) is 1.79. The van der Waals surface area contributed by atoms with Crippen LogP contribution in [-0.2, 0) is 0 Å². The molecule has 1 aromatic rings. The number of hydrogen-bond donors (Lipinski definition) is 1. The van der Waals surface area contributed by atoms with Crippen LogP contribution in [0.4, 0.5) is 4.39 Å². The summed E-state index contributed by atoms with van der Waals surface area (Å²) in [4.78, 5) is 0. The van der Waals surface area contributed by atoms with Gasteiger partial charge in [0.25, 0.3) is 0 Å². The standard InChI is InChI=1S/C11H13FO2/c1-11(2)6-9(13)7-4-3-5-8(12)10(7)14-11/h3-5,9,13H,6H2,1-2H3. The fraction of sp³-hybridized carbons (Fsp3) is 0.455. The van der Waals surface area contributed by atoms with E-state index in [0.29, 0.717) is 12.0 Å². The molecule has 1 heterocycles. The summed E-state index contributed by atoms with van der Waals surface area (Å²) in [6.45, 7) is 3.68. The number of aliphatic hydroxyl groups is 1. The van der Waals surface area contributed by atoms with E-state index in [-0.39, 0.29) is 5.75 Å². The molecular weight excluding hydrogens is 183 g/mol. The number of hydrogen-bond acceptors (Lipinski definition) is 2. The molecule has 0 radical (unpaired) electrons. The van der Waals surface area contributed by atoms with E-state index in [4.69, 9.17) is 4.74 Å². The topological polar surface area (TPSA) is 29.5 Å². The highest BCUT2D eigenvalue weighted by Crippen LogP contribution is 2.40. The van der Waals surface area contributed by atoms with Gasteiger partial charge in [0, 0.05) is 12.0 Å². The molecule has 0 spiro atoms. The normalized spacial score (nSPS) is 23.9. The molecule has 1 unspecified atom stereocenters. The van der Waals surface area contributed by atoms with Gasteiger partial charge in [0.05, 0.1) is 6.10 Å². The largest absolute Gasteiger partial charge is 0.484 e. The van der Waals surface area contributed by atoms with Crippen LogP contribution in [0.25, 0.3) is 0 Å². The third-order valence-electron chi connectivity index (χ3n) is 2.42. The first kappa shape index (κ1) is 9.46. The van der Waals surface area contributed by atoms with Crippen LogP contribution in [0, 0.1) is 5.82 Å². The third-order valence-corrected chi connectivity index (χ3v) is 2.42. The minimum absolute atomic E-state index is 0.191. The molecule has 2 nitrogen and oxygen atoms in total. The molecular formula is C11H13FO2. The van der Waals surface area contributed by atoms with Crippen LogP contribution in [0.5, 0.6) is 5.75 Å². The van der Waals surface area contributed by atoms with Crippen molar-refractivity contribution in [1.29, 1.82) is 0 Å². The summed E-state index contributed by atoms with van der Waals surface area (Å²) in [5.41, 5.74) is 0.0403. The summed E-state index contributed by atoms with van der Waals surface area (Å²) < 4.78 is 18.8. The van der Waals surface area contributed by atoms with Crippen LogP contribution < -0.4 is 4.74 Å². The maximum atomic E-state index is 13.4. The molecule has 0 saturated heterocycles. The average Bonchev–Trinajstić information content (AvgIpc) is 2.05. The van der Waals surface area contributed by atoms with Gasteiger partial charge in [-0.1, -0.05) is 12.1 Å². The van der Waals surface area contributed by atoms with Gasteiger partial charge in [-0.05, 0) is 19.9 Å². The number of ether oxygens (including phenoxy) is 1. The van der Waals surface area contributed by atoms with Crippen molar-refractivity contribution in [1.82, 2.24) is 0 Å². The number of rotatable bonds is 0. The Morgan fingerprint density at radius 1 is 1.50 bits per heavy atom. The van der Waals surface area contributed by atoms with E-state index in [1.165, 1.54) is 6.07 Å². The molecule has 0 fully saturated rings. The van der Waals surface area contributed by atoms with E-state index in [0.717, 1.165) is 0 Å². The highest BCUT2D eigenvalue weighted by Gasteiger charge is 2.34. The minimum atomic E-state index is -0.635. The molecule has 1 aromatic carbocycles. The van der Waals surface area contributed by atoms with Gasteiger partial charge in [-0.2, -0.15) is 0 Å². The van der Waals surface area contributed by atoms with Crippen molar-refractivity contribution in [3.05, 3.63) is 29.6 Å². The molecule has 0 aliphatic carbocycles. The van der Waals surface area contributed by atoms with Crippen molar-refractivity contribution in [2.45, 2.75) is 32.0 Å². The lowest BCUT2D eigenvalue weighted by atomic mass is 9.92. The zero-order valence-corrected chi connectivity index (χ0v) is 8.25. The van der Waals surface area contributed by atoms with Crippen molar-refractivity contribution in [3.8, 4) is 5.75 Å². The molecule has 3 heteroatoms. The maximum absolute atomic E-state index is 13.4. The summed E-state index contributed by atoms with van der Waals surface area (Å²) in [7, 11) is 0. The number of benzene rings is 1. The van der Waals surface area contributed by atoms with Gasteiger partial charge in [-0.3, -0.25) is 0 Å². The molecule has 1 aliphatic heterocycles. The first-order valence-electron chi connectivity index (χ1n) is 4.65. The first-order chi connectivity index (χ1) is 6.49. The summed E-state index contributed by atoms with van der Waals surface area (Å²) in [5.74, 6) is -0.217. The fourth-order valence-corrected chi connectivity index (χ4v) is 1.79. The first-order valence-corrected chi connectivity index (χ1v) is 4.65. The van der Waals surface area contributed by atoms with E-state index >= 15 is 0 Å². The molecule has 2 rings (SSSR count). The Hall–Kier alpha value is -1.09. The Balaban J connectivity index is 2.51. The Morgan fingerprint density at radius 3 is 2.93 bits per heavy atom. The molecule has 14 heavy (non-hydrogen) atoms. The second-order valence-corrected chi connectivity index (χ2v) is 4.24. The predicted octanol–water partition coefficient (Wildman–Crippen LogP) is 2.42. The zero-order chi connectivity index (χ0) is 10.3. The molecule has 1 N–H and O–H groups in total. The van der Waals surface area contributed by atoms with E-state index in [9.17, 15) is 9.50 Å². The molecule has 0 saturated carbocycles. The van der Waals surface area contributed by atoms with E-state index in [1.54, 1.807) is 12.1 Å². The molecule has 1 atom stereocenters. The van der Waals surface area contributed by atoms with Crippen LogP contribution in [0.2, 0.25) is 0 Å². The van der Waals surface area contributed by atoms with Gasteiger partial charge in [0.15, 0.2) is 11.6 Å². The Bertz CT molecular complexity index is 360. The summed E-state index contributed by atoms with van der Waals surface area (Å²) >= 11 is 0. The third kappa shape index (κ3) is 1.48. The monoisotopic (exact) mass is 196 g/mol. The summed E-state index contributed by atoms with van der Waals surface area (Å²) in [6.07, 6.45) is -0.145. The zero-order valence-electron chi connectivity index (χ0n) is 8.25. The number of para-hydroxylation sites is 1.